The molecule has 0 radical (unpaired) electrons. The molecule has 3 rings (SSSR count). The maximum absolute atomic E-state index is 12.2. The lowest BCUT2D eigenvalue weighted by atomic mass is 10.1. The molecule has 0 aliphatic carbocycles. The Morgan fingerprint density at radius 3 is 2.76 bits per heavy atom. The first kappa shape index (κ1) is 17.5. The normalized spacial score (nSPS) is 18.7. The number of ether oxygens (including phenoxy) is 1. The molecule has 1 atom stereocenters. The Morgan fingerprint density at radius 1 is 1.32 bits per heavy atom. The summed E-state index contributed by atoms with van der Waals surface area (Å²) in [4.78, 5) is 20.8. The standard InChI is InChI=1S/C19H25N3O3/c1-12-10-15(6-7-17(12)24-5)18-20-16(14(3)25-18)11-22-9-8-21(4)19(23)13(22)2/h6-7,10,13H,8-9,11H2,1-5H3. The first-order valence-corrected chi connectivity index (χ1v) is 8.51. The van der Waals surface area contributed by atoms with Crippen LogP contribution in [0.5, 0.6) is 5.75 Å². The van der Waals surface area contributed by atoms with Gasteiger partial charge in [-0.05, 0) is 44.5 Å². The molecule has 25 heavy (non-hydrogen) atoms. The van der Waals surface area contributed by atoms with Crippen molar-refractivity contribution in [1.82, 2.24) is 14.8 Å². The summed E-state index contributed by atoms with van der Waals surface area (Å²) in [5.41, 5.74) is 2.85. The van der Waals surface area contributed by atoms with Crippen LogP contribution in [0.25, 0.3) is 11.5 Å². The monoisotopic (exact) mass is 343 g/mol. The van der Waals surface area contributed by atoms with E-state index in [1.54, 1.807) is 12.0 Å². The van der Waals surface area contributed by atoms with Crippen molar-refractivity contribution in [2.75, 3.05) is 27.2 Å². The molecule has 1 aliphatic rings. The van der Waals surface area contributed by atoms with Crippen LogP contribution in [0, 0.1) is 13.8 Å². The molecule has 1 aromatic carbocycles. The highest BCUT2D eigenvalue weighted by atomic mass is 16.5. The highest BCUT2D eigenvalue weighted by Gasteiger charge is 2.30. The molecule has 1 aromatic heterocycles. The molecular formula is C19H25N3O3. The number of likely N-dealkylation sites (N-methyl/N-ethyl adjacent to an activating group) is 1. The fraction of sp³-hybridized carbons (Fsp3) is 0.474. The quantitative estimate of drug-likeness (QED) is 0.854. The number of piperazine rings is 1. The minimum atomic E-state index is -0.137. The summed E-state index contributed by atoms with van der Waals surface area (Å²) < 4.78 is 11.2. The molecule has 2 heterocycles. The summed E-state index contributed by atoms with van der Waals surface area (Å²) in [6.45, 7) is 8.06. The number of rotatable bonds is 4. The van der Waals surface area contributed by atoms with Gasteiger partial charge in [0.1, 0.15) is 11.5 Å². The average Bonchev–Trinajstić information content (AvgIpc) is 2.96. The highest BCUT2D eigenvalue weighted by Crippen LogP contribution is 2.27. The third-order valence-corrected chi connectivity index (χ3v) is 4.89. The van der Waals surface area contributed by atoms with Crippen LogP contribution in [0.15, 0.2) is 22.6 Å². The minimum absolute atomic E-state index is 0.137. The van der Waals surface area contributed by atoms with Crippen molar-refractivity contribution >= 4 is 5.91 Å². The second-order valence-electron chi connectivity index (χ2n) is 6.61. The molecule has 6 nitrogen and oxygen atoms in total. The molecule has 1 saturated heterocycles. The molecule has 0 spiro atoms. The van der Waals surface area contributed by atoms with Gasteiger partial charge in [-0.25, -0.2) is 4.98 Å². The summed E-state index contributed by atoms with van der Waals surface area (Å²) in [6, 6.07) is 5.74. The van der Waals surface area contributed by atoms with Gasteiger partial charge in [-0.2, -0.15) is 0 Å². The lowest BCUT2D eigenvalue weighted by Gasteiger charge is -2.36. The number of hydrogen-bond donors (Lipinski definition) is 0. The molecular weight excluding hydrogens is 318 g/mol. The summed E-state index contributed by atoms with van der Waals surface area (Å²) in [6.07, 6.45) is 0. The van der Waals surface area contributed by atoms with Gasteiger partial charge in [-0.3, -0.25) is 9.69 Å². The molecule has 0 saturated carbocycles. The van der Waals surface area contributed by atoms with Crippen LogP contribution in [0.3, 0.4) is 0 Å². The van der Waals surface area contributed by atoms with Gasteiger partial charge in [0.05, 0.1) is 18.8 Å². The average molecular weight is 343 g/mol. The van der Waals surface area contributed by atoms with Gasteiger partial charge in [0.2, 0.25) is 11.8 Å². The topological polar surface area (TPSA) is 58.8 Å². The van der Waals surface area contributed by atoms with Crippen LogP contribution in [0.4, 0.5) is 0 Å². The third kappa shape index (κ3) is 3.39. The summed E-state index contributed by atoms with van der Waals surface area (Å²) in [7, 11) is 3.51. The SMILES string of the molecule is COc1ccc(-c2nc(CN3CCN(C)C(=O)C3C)c(C)o2)cc1C. The van der Waals surface area contributed by atoms with E-state index in [9.17, 15) is 4.79 Å². The molecule has 1 fully saturated rings. The zero-order chi connectivity index (χ0) is 18.1. The van der Waals surface area contributed by atoms with Crippen molar-refractivity contribution < 1.29 is 13.9 Å². The van der Waals surface area contributed by atoms with E-state index in [4.69, 9.17) is 9.15 Å². The molecule has 2 aromatic rings. The minimum Gasteiger partial charge on any atom is -0.496 e. The van der Waals surface area contributed by atoms with Gasteiger partial charge in [-0.1, -0.05) is 0 Å². The first-order chi connectivity index (χ1) is 11.9. The van der Waals surface area contributed by atoms with Gasteiger partial charge in [0.15, 0.2) is 0 Å². The number of oxazole rings is 1. The fourth-order valence-corrected chi connectivity index (χ4v) is 3.18. The van der Waals surface area contributed by atoms with Crippen LogP contribution in [0.1, 0.15) is 23.9 Å². The maximum Gasteiger partial charge on any atom is 0.239 e. The molecule has 1 aliphatic heterocycles. The van der Waals surface area contributed by atoms with Gasteiger partial charge in [0, 0.05) is 32.2 Å². The number of carbonyl (C=O) groups excluding carboxylic acids is 1. The summed E-state index contributed by atoms with van der Waals surface area (Å²) in [5.74, 6) is 2.39. The number of amides is 1. The van der Waals surface area contributed by atoms with Crippen molar-refractivity contribution in [2.45, 2.75) is 33.4 Å². The van der Waals surface area contributed by atoms with E-state index in [0.717, 1.165) is 41.4 Å². The fourth-order valence-electron chi connectivity index (χ4n) is 3.18. The van der Waals surface area contributed by atoms with E-state index in [1.165, 1.54) is 0 Å². The molecule has 1 amide bonds. The molecule has 134 valence electrons. The van der Waals surface area contributed by atoms with Crippen molar-refractivity contribution in [3.63, 3.8) is 0 Å². The molecule has 0 N–H and O–H groups in total. The Morgan fingerprint density at radius 2 is 2.08 bits per heavy atom. The first-order valence-electron chi connectivity index (χ1n) is 8.51. The Bertz CT molecular complexity index is 784. The molecule has 0 bridgehead atoms. The lowest BCUT2D eigenvalue weighted by Crippen LogP contribution is -2.53. The largest absolute Gasteiger partial charge is 0.496 e. The van der Waals surface area contributed by atoms with E-state index in [2.05, 4.69) is 9.88 Å². The van der Waals surface area contributed by atoms with Crippen LogP contribution in [0.2, 0.25) is 0 Å². The van der Waals surface area contributed by atoms with Gasteiger partial charge >= 0.3 is 0 Å². The van der Waals surface area contributed by atoms with Gasteiger partial charge < -0.3 is 14.1 Å². The zero-order valence-electron chi connectivity index (χ0n) is 15.5. The zero-order valence-corrected chi connectivity index (χ0v) is 15.5. The predicted molar refractivity (Wildman–Crippen MR) is 95.5 cm³/mol. The Hall–Kier alpha value is -2.34. The summed E-state index contributed by atoms with van der Waals surface area (Å²) >= 11 is 0. The maximum atomic E-state index is 12.2. The summed E-state index contributed by atoms with van der Waals surface area (Å²) in [5, 5.41) is 0. The number of aromatic nitrogens is 1. The number of methoxy groups -OCH3 is 1. The Balaban J connectivity index is 1.81. The van der Waals surface area contributed by atoms with Crippen LogP contribution in [-0.4, -0.2) is 54.0 Å². The van der Waals surface area contributed by atoms with Crippen molar-refractivity contribution in [3.05, 3.63) is 35.2 Å². The van der Waals surface area contributed by atoms with E-state index < -0.39 is 0 Å². The van der Waals surface area contributed by atoms with E-state index in [0.29, 0.717) is 12.4 Å². The molecule has 1 unspecified atom stereocenters. The number of hydrogen-bond acceptors (Lipinski definition) is 5. The second-order valence-corrected chi connectivity index (χ2v) is 6.61. The van der Waals surface area contributed by atoms with E-state index >= 15 is 0 Å². The van der Waals surface area contributed by atoms with Crippen molar-refractivity contribution in [1.29, 1.82) is 0 Å². The van der Waals surface area contributed by atoms with Crippen LogP contribution in [-0.2, 0) is 11.3 Å². The van der Waals surface area contributed by atoms with E-state index in [-0.39, 0.29) is 11.9 Å². The Labute approximate surface area is 148 Å². The van der Waals surface area contributed by atoms with E-state index in [1.807, 2.05) is 46.0 Å². The third-order valence-electron chi connectivity index (χ3n) is 4.89. The number of benzene rings is 1. The predicted octanol–water partition coefficient (Wildman–Crippen LogP) is 2.63. The van der Waals surface area contributed by atoms with Crippen LogP contribution < -0.4 is 4.74 Å². The lowest BCUT2D eigenvalue weighted by molar-refractivity contribution is -0.139. The van der Waals surface area contributed by atoms with Gasteiger partial charge in [0.25, 0.3) is 0 Å². The van der Waals surface area contributed by atoms with Crippen molar-refractivity contribution in [3.8, 4) is 17.2 Å². The Kier molecular flexibility index (Phi) is 4.81. The molecule has 6 heteroatoms. The smallest absolute Gasteiger partial charge is 0.239 e. The number of carbonyl (C=O) groups is 1. The van der Waals surface area contributed by atoms with Gasteiger partial charge in [-0.15, -0.1) is 0 Å². The van der Waals surface area contributed by atoms with Crippen LogP contribution >= 0.6 is 0 Å². The van der Waals surface area contributed by atoms with Crippen molar-refractivity contribution in [2.24, 2.45) is 0 Å². The number of aryl methyl sites for hydroxylation is 2. The number of nitrogens with zero attached hydrogens (tertiary/aromatic N) is 3. The highest BCUT2D eigenvalue weighted by molar-refractivity contribution is 5.81. The second kappa shape index (κ2) is 6.88.